The maximum absolute atomic E-state index is 12.3. The van der Waals surface area contributed by atoms with Crippen molar-refractivity contribution < 1.29 is 69.4 Å². The lowest BCUT2D eigenvalue weighted by Gasteiger charge is -2.47. The Morgan fingerprint density at radius 1 is 1.11 bits per heavy atom. The van der Waals surface area contributed by atoms with Gasteiger partial charge in [-0.25, -0.2) is 4.79 Å². The molecule has 16 heteroatoms. The number of rotatable bonds is 14. The molecule has 222 valence electrons. The SMILES string of the molecule is CC(=O)N[C@H]1C([C@H](O)[C@H](O)CO)O[C@@](OCC2O[C@H](OCCCCCN)C(O)[C@@H](O)[C@H]2O)(C(=O)O)C[C@H]1O. The van der Waals surface area contributed by atoms with E-state index in [-0.39, 0.29) is 6.61 Å². The van der Waals surface area contributed by atoms with Crippen molar-refractivity contribution in [3.8, 4) is 0 Å². The molecule has 3 unspecified atom stereocenters. The van der Waals surface area contributed by atoms with Gasteiger partial charge < -0.3 is 70.9 Å². The Morgan fingerprint density at radius 2 is 1.79 bits per heavy atom. The van der Waals surface area contributed by atoms with Crippen LogP contribution in [0.5, 0.6) is 0 Å². The Kier molecular flexibility index (Phi) is 12.7. The fraction of sp³-hybridized carbons (Fsp3) is 0.909. The van der Waals surface area contributed by atoms with Crippen LogP contribution in [-0.2, 0) is 28.5 Å². The lowest BCUT2D eigenvalue weighted by atomic mass is 9.88. The summed E-state index contributed by atoms with van der Waals surface area (Å²) in [7, 11) is 0. The van der Waals surface area contributed by atoms with E-state index in [0.29, 0.717) is 13.0 Å². The van der Waals surface area contributed by atoms with Gasteiger partial charge in [-0.15, -0.1) is 0 Å². The fourth-order valence-corrected chi connectivity index (χ4v) is 4.31. The monoisotopic (exact) mass is 556 g/mol. The molecule has 1 amide bonds. The number of ether oxygens (including phenoxy) is 4. The van der Waals surface area contributed by atoms with Crippen LogP contribution in [0.4, 0.5) is 0 Å². The average molecular weight is 557 g/mol. The Labute approximate surface area is 218 Å². The van der Waals surface area contributed by atoms with Crippen LogP contribution in [0.2, 0.25) is 0 Å². The molecule has 0 bridgehead atoms. The second-order valence-corrected chi connectivity index (χ2v) is 9.42. The molecule has 11 atom stereocenters. The number of carboxylic acid groups (broad SMARTS) is 1. The van der Waals surface area contributed by atoms with Gasteiger partial charge in [-0.2, -0.15) is 0 Å². The molecule has 0 radical (unpaired) electrons. The molecular formula is C22H40N2O14. The predicted octanol–water partition coefficient (Wildman–Crippen LogP) is -4.89. The van der Waals surface area contributed by atoms with E-state index in [1.54, 1.807) is 0 Å². The predicted molar refractivity (Wildman–Crippen MR) is 124 cm³/mol. The van der Waals surface area contributed by atoms with Gasteiger partial charge >= 0.3 is 5.97 Å². The topological polar surface area (TPSA) is 271 Å². The quantitative estimate of drug-likeness (QED) is 0.0898. The van der Waals surface area contributed by atoms with Crippen molar-refractivity contribution in [3.63, 3.8) is 0 Å². The van der Waals surface area contributed by atoms with E-state index >= 15 is 0 Å². The number of hydrogen-bond acceptors (Lipinski definition) is 14. The number of nitrogens with two attached hydrogens (primary N) is 1. The Hall–Kier alpha value is -1.54. The van der Waals surface area contributed by atoms with Crippen molar-refractivity contribution in [2.75, 3.05) is 26.4 Å². The summed E-state index contributed by atoms with van der Waals surface area (Å²) in [6, 6.07) is -1.38. The largest absolute Gasteiger partial charge is 0.477 e. The molecule has 2 aliphatic rings. The second kappa shape index (κ2) is 14.7. The zero-order valence-corrected chi connectivity index (χ0v) is 21.0. The molecule has 2 saturated heterocycles. The third-order valence-electron chi connectivity index (χ3n) is 6.47. The molecule has 0 saturated carbocycles. The maximum Gasteiger partial charge on any atom is 0.364 e. The Balaban J connectivity index is 2.19. The van der Waals surface area contributed by atoms with Crippen molar-refractivity contribution in [3.05, 3.63) is 0 Å². The van der Waals surface area contributed by atoms with Crippen LogP contribution in [0.15, 0.2) is 0 Å². The highest BCUT2D eigenvalue weighted by Crippen LogP contribution is 2.34. The summed E-state index contributed by atoms with van der Waals surface area (Å²) < 4.78 is 21.9. The molecule has 0 aliphatic carbocycles. The first-order valence-corrected chi connectivity index (χ1v) is 12.4. The van der Waals surface area contributed by atoms with Gasteiger partial charge in [0, 0.05) is 20.0 Å². The van der Waals surface area contributed by atoms with Crippen LogP contribution < -0.4 is 11.1 Å². The number of aliphatic hydroxyl groups excluding tert-OH is 7. The molecule has 0 aromatic carbocycles. The van der Waals surface area contributed by atoms with Gasteiger partial charge in [-0.1, -0.05) is 0 Å². The average Bonchev–Trinajstić information content (AvgIpc) is 2.87. The van der Waals surface area contributed by atoms with E-state index in [4.69, 9.17) is 24.7 Å². The number of aliphatic carboxylic acids is 1. The molecule has 2 rings (SSSR count). The van der Waals surface area contributed by atoms with Gasteiger partial charge in [-0.05, 0) is 25.8 Å². The van der Waals surface area contributed by atoms with Crippen molar-refractivity contribution >= 4 is 11.9 Å². The van der Waals surface area contributed by atoms with E-state index < -0.39 is 98.5 Å². The van der Waals surface area contributed by atoms with Gasteiger partial charge in [-0.3, -0.25) is 4.79 Å². The van der Waals surface area contributed by atoms with Crippen molar-refractivity contribution in [1.82, 2.24) is 5.32 Å². The van der Waals surface area contributed by atoms with Crippen LogP contribution in [0.1, 0.15) is 32.6 Å². The first-order valence-electron chi connectivity index (χ1n) is 12.4. The lowest BCUT2D eigenvalue weighted by Crippen LogP contribution is -2.68. The molecule has 0 aromatic heterocycles. The highest BCUT2D eigenvalue weighted by atomic mass is 16.7. The number of carbonyl (C=O) groups is 2. The Bertz CT molecular complexity index is 762. The van der Waals surface area contributed by atoms with E-state index in [0.717, 1.165) is 19.8 Å². The molecule has 0 spiro atoms. The first-order chi connectivity index (χ1) is 17.9. The summed E-state index contributed by atoms with van der Waals surface area (Å²) in [6.45, 7) is 0.0571. The second-order valence-electron chi connectivity index (χ2n) is 9.42. The summed E-state index contributed by atoms with van der Waals surface area (Å²) in [5, 5.41) is 83.4. The first kappa shape index (κ1) is 32.7. The van der Waals surface area contributed by atoms with Gasteiger partial charge in [0.05, 0.1) is 25.4 Å². The van der Waals surface area contributed by atoms with E-state index in [1.807, 2.05) is 0 Å². The number of carbonyl (C=O) groups excluding carboxylic acids is 1. The minimum Gasteiger partial charge on any atom is -0.477 e. The molecular weight excluding hydrogens is 516 g/mol. The van der Waals surface area contributed by atoms with Crippen molar-refractivity contribution in [2.24, 2.45) is 5.73 Å². The third-order valence-corrected chi connectivity index (χ3v) is 6.47. The minimum atomic E-state index is -2.67. The molecule has 2 heterocycles. The zero-order chi connectivity index (χ0) is 28.6. The zero-order valence-electron chi connectivity index (χ0n) is 21.0. The Morgan fingerprint density at radius 3 is 2.37 bits per heavy atom. The summed E-state index contributed by atoms with van der Waals surface area (Å²) in [6.07, 6.45) is -13.8. The van der Waals surface area contributed by atoms with Crippen molar-refractivity contribution in [1.29, 1.82) is 0 Å². The van der Waals surface area contributed by atoms with Crippen LogP contribution in [0.25, 0.3) is 0 Å². The molecule has 11 N–H and O–H groups in total. The van der Waals surface area contributed by atoms with E-state index in [9.17, 15) is 50.4 Å². The van der Waals surface area contributed by atoms with Crippen LogP contribution >= 0.6 is 0 Å². The van der Waals surface area contributed by atoms with Crippen molar-refractivity contribution in [2.45, 2.75) is 99.6 Å². The maximum atomic E-state index is 12.3. The number of hydrogen-bond donors (Lipinski definition) is 10. The van der Waals surface area contributed by atoms with E-state index in [1.165, 1.54) is 0 Å². The van der Waals surface area contributed by atoms with E-state index in [2.05, 4.69) is 5.32 Å². The fourth-order valence-electron chi connectivity index (χ4n) is 4.31. The number of unbranched alkanes of at least 4 members (excludes halogenated alkanes) is 2. The molecule has 2 fully saturated rings. The number of nitrogens with one attached hydrogen (secondary N) is 1. The highest BCUT2D eigenvalue weighted by molar-refractivity contribution is 5.76. The van der Waals surface area contributed by atoms with Gasteiger partial charge in [0.2, 0.25) is 5.91 Å². The lowest BCUT2D eigenvalue weighted by molar-refractivity contribution is -0.338. The molecule has 0 aromatic rings. The smallest absolute Gasteiger partial charge is 0.364 e. The normalized spacial score (nSPS) is 37.4. The molecule has 2 aliphatic heterocycles. The number of aliphatic hydroxyl groups is 7. The van der Waals surface area contributed by atoms with Gasteiger partial charge in [0.1, 0.15) is 42.7 Å². The highest BCUT2D eigenvalue weighted by Gasteiger charge is 2.56. The third kappa shape index (κ3) is 8.00. The molecule has 38 heavy (non-hydrogen) atoms. The van der Waals surface area contributed by atoms with Gasteiger partial charge in [0.15, 0.2) is 6.29 Å². The number of amides is 1. The minimum absolute atomic E-state index is 0.143. The van der Waals surface area contributed by atoms with Crippen LogP contribution in [-0.4, -0.2) is 146 Å². The van der Waals surface area contributed by atoms with Crippen LogP contribution in [0.3, 0.4) is 0 Å². The molecule has 16 nitrogen and oxygen atoms in total. The number of carboxylic acids is 1. The summed E-state index contributed by atoms with van der Waals surface area (Å²) >= 11 is 0. The van der Waals surface area contributed by atoms with Crippen LogP contribution in [0, 0.1) is 0 Å². The standard InChI is InChI=1S/C22H40N2O14/c1-10(26)24-14-11(27)7-22(21(33)34,38-19(14)15(29)12(28)8-25)36-9-13-16(30)17(31)18(32)20(37-13)35-6-4-2-3-5-23/h11-20,25,27-32H,2-9,23H2,1H3,(H,24,26)(H,33,34)/t11-,12-,13?,14-,15-,16+,17+,18?,19?,20+,22-/m1/s1. The van der Waals surface area contributed by atoms with Gasteiger partial charge in [0.25, 0.3) is 5.79 Å². The summed E-state index contributed by atoms with van der Waals surface area (Å²) in [5.41, 5.74) is 5.43. The summed E-state index contributed by atoms with van der Waals surface area (Å²) in [5.74, 6) is -5.08. The summed E-state index contributed by atoms with van der Waals surface area (Å²) in [4.78, 5) is 23.9.